The lowest BCUT2D eigenvalue weighted by Crippen LogP contribution is -2.32. The number of nitrogens with two attached hydrogens (primary N) is 1. The zero-order valence-electron chi connectivity index (χ0n) is 11.4. The Morgan fingerprint density at radius 2 is 2.24 bits per heavy atom. The van der Waals surface area contributed by atoms with Crippen LogP contribution in [0.1, 0.15) is 11.1 Å². The van der Waals surface area contributed by atoms with Crippen LogP contribution in [0.15, 0.2) is 46.2 Å². The van der Waals surface area contributed by atoms with Gasteiger partial charge in [-0.1, -0.05) is 23.4 Å². The summed E-state index contributed by atoms with van der Waals surface area (Å²) in [7, 11) is 0. The molecular weight excluding hydrogens is 286 g/mol. The zero-order chi connectivity index (χ0) is 14.7. The average molecular weight is 301 g/mol. The third-order valence-corrected chi connectivity index (χ3v) is 4.04. The monoisotopic (exact) mass is 301 g/mol. The lowest BCUT2D eigenvalue weighted by atomic mass is 10.2. The van der Waals surface area contributed by atoms with Crippen molar-refractivity contribution in [1.29, 1.82) is 0 Å². The summed E-state index contributed by atoms with van der Waals surface area (Å²) in [4.78, 5) is 19.0. The van der Waals surface area contributed by atoms with E-state index in [4.69, 9.17) is 10.6 Å². The Labute approximate surface area is 126 Å². The van der Waals surface area contributed by atoms with Gasteiger partial charge in [-0.2, -0.15) is 11.3 Å². The van der Waals surface area contributed by atoms with Gasteiger partial charge < -0.3 is 15.5 Å². The second-order valence-corrected chi connectivity index (χ2v) is 5.47. The number of hydrogen-bond acceptors (Lipinski definition) is 4. The fraction of sp³-hybridized carbons (Fsp3) is 0.200. The van der Waals surface area contributed by atoms with Crippen molar-refractivity contribution in [3.8, 4) is 0 Å². The van der Waals surface area contributed by atoms with Gasteiger partial charge in [0.2, 0.25) is 0 Å². The van der Waals surface area contributed by atoms with Gasteiger partial charge in [0.05, 0.1) is 0 Å². The van der Waals surface area contributed by atoms with E-state index in [1.807, 2.05) is 41.1 Å². The molecule has 6 heteroatoms. The number of thiophene rings is 1. The van der Waals surface area contributed by atoms with Gasteiger partial charge in [0.15, 0.2) is 12.4 Å². The van der Waals surface area contributed by atoms with Crippen LogP contribution < -0.4 is 10.6 Å². The molecule has 0 saturated heterocycles. The molecule has 0 radical (unpaired) electrons. The van der Waals surface area contributed by atoms with E-state index in [1.54, 1.807) is 4.90 Å². The quantitative estimate of drug-likeness (QED) is 0.533. The van der Waals surface area contributed by atoms with Gasteiger partial charge in [-0.15, -0.1) is 0 Å². The highest BCUT2D eigenvalue weighted by atomic mass is 32.1. The number of carbonyl (C=O) groups excluding carboxylic acids is 1. The largest absolute Gasteiger partial charge is 0.384 e. The predicted octanol–water partition coefficient (Wildman–Crippen LogP) is 1.97. The minimum Gasteiger partial charge on any atom is -0.384 e. The molecule has 0 bridgehead atoms. The number of benzene rings is 1. The SMILES string of the molecule is N/C(=N/OCC(=O)N1CCc2ccccc21)c1ccsc1. The zero-order valence-corrected chi connectivity index (χ0v) is 12.2. The molecule has 0 saturated carbocycles. The molecule has 2 heterocycles. The molecule has 1 aliphatic heterocycles. The van der Waals surface area contributed by atoms with E-state index in [2.05, 4.69) is 5.16 Å². The van der Waals surface area contributed by atoms with Crippen LogP contribution in [0.3, 0.4) is 0 Å². The number of amidine groups is 1. The second kappa shape index (κ2) is 5.97. The Morgan fingerprint density at radius 3 is 3.05 bits per heavy atom. The summed E-state index contributed by atoms with van der Waals surface area (Å²) in [5.74, 6) is 0.174. The number of nitrogens with zero attached hydrogens (tertiary/aromatic N) is 2. The molecule has 0 aliphatic carbocycles. The number of amides is 1. The lowest BCUT2D eigenvalue weighted by molar-refractivity contribution is -0.122. The van der Waals surface area contributed by atoms with Crippen LogP contribution in [0.4, 0.5) is 5.69 Å². The summed E-state index contributed by atoms with van der Waals surface area (Å²) >= 11 is 1.53. The van der Waals surface area contributed by atoms with Gasteiger partial charge in [0, 0.05) is 23.2 Å². The summed E-state index contributed by atoms with van der Waals surface area (Å²) in [5, 5.41) is 7.57. The van der Waals surface area contributed by atoms with Crippen molar-refractivity contribution in [1.82, 2.24) is 0 Å². The number of rotatable bonds is 4. The predicted molar refractivity (Wildman–Crippen MR) is 83.5 cm³/mol. The standard InChI is InChI=1S/C15H15N3O2S/c16-15(12-6-8-21-10-12)17-20-9-14(19)18-7-5-11-3-1-2-4-13(11)18/h1-4,6,8,10H,5,7,9H2,(H2,16,17). The first-order valence-electron chi connectivity index (χ1n) is 6.62. The molecule has 2 aromatic rings. The van der Waals surface area contributed by atoms with E-state index in [1.165, 1.54) is 16.9 Å². The topological polar surface area (TPSA) is 67.9 Å². The molecule has 1 aromatic heterocycles. The molecule has 108 valence electrons. The molecule has 1 aromatic carbocycles. The van der Waals surface area contributed by atoms with Gasteiger partial charge in [-0.05, 0) is 29.5 Å². The van der Waals surface area contributed by atoms with E-state index in [9.17, 15) is 4.79 Å². The Bertz CT molecular complexity index is 667. The van der Waals surface area contributed by atoms with Gasteiger partial charge in [-0.25, -0.2) is 0 Å². The minimum absolute atomic E-state index is 0.109. The number of anilines is 1. The molecule has 1 aliphatic rings. The van der Waals surface area contributed by atoms with E-state index < -0.39 is 0 Å². The lowest BCUT2D eigenvalue weighted by Gasteiger charge is -2.16. The van der Waals surface area contributed by atoms with Gasteiger partial charge in [0.25, 0.3) is 5.91 Å². The third kappa shape index (κ3) is 2.90. The smallest absolute Gasteiger partial charge is 0.267 e. The number of hydrogen-bond donors (Lipinski definition) is 1. The van der Waals surface area contributed by atoms with Crippen molar-refractivity contribution in [3.05, 3.63) is 52.2 Å². The number of carbonyl (C=O) groups is 1. The fourth-order valence-electron chi connectivity index (χ4n) is 2.30. The average Bonchev–Trinajstić information content (AvgIpc) is 3.16. The van der Waals surface area contributed by atoms with Crippen molar-refractivity contribution >= 4 is 28.8 Å². The summed E-state index contributed by atoms with van der Waals surface area (Å²) in [6.07, 6.45) is 0.877. The summed E-state index contributed by atoms with van der Waals surface area (Å²) in [6, 6.07) is 9.75. The second-order valence-electron chi connectivity index (χ2n) is 4.69. The summed E-state index contributed by atoms with van der Waals surface area (Å²) in [5.41, 5.74) is 8.71. The first-order valence-corrected chi connectivity index (χ1v) is 7.56. The molecule has 5 nitrogen and oxygen atoms in total. The molecule has 0 atom stereocenters. The molecule has 0 fully saturated rings. The van der Waals surface area contributed by atoms with E-state index in [-0.39, 0.29) is 18.3 Å². The summed E-state index contributed by atoms with van der Waals surface area (Å²) in [6.45, 7) is 0.574. The third-order valence-electron chi connectivity index (χ3n) is 3.36. The molecule has 1 amide bonds. The molecule has 2 N–H and O–H groups in total. The van der Waals surface area contributed by atoms with Crippen molar-refractivity contribution in [2.24, 2.45) is 10.9 Å². The highest BCUT2D eigenvalue weighted by Crippen LogP contribution is 2.27. The van der Waals surface area contributed by atoms with Crippen LogP contribution in [0.5, 0.6) is 0 Å². The maximum Gasteiger partial charge on any atom is 0.267 e. The van der Waals surface area contributed by atoms with Gasteiger partial charge >= 0.3 is 0 Å². The molecule has 0 spiro atoms. The van der Waals surface area contributed by atoms with Crippen LogP contribution in [0.2, 0.25) is 0 Å². The van der Waals surface area contributed by atoms with Gasteiger partial charge in [-0.3, -0.25) is 4.79 Å². The van der Waals surface area contributed by atoms with E-state index in [0.29, 0.717) is 6.54 Å². The Kier molecular flexibility index (Phi) is 3.87. The van der Waals surface area contributed by atoms with Gasteiger partial charge in [0.1, 0.15) is 0 Å². The highest BCUT2D eigenvalue weighted by Gasteiger charge is 2.24. The maximum atomic E-state index is 12.2. The van der Waals surface area contributed by atoms with Crippen molar-refractivity contribution in [2.75, 3.05) is 18.1 Å². The molecule has 21 heavy (non-hydrogen) atoms. The van der Waals surface area contributed by atoms with Crippen LogP contribution >= 0.6 is 11.3 Å². The normalized spacial score (nSPS) is 14.1. The molecular formula is C15H15N3O2S. The number of oxime groups is 1. The molecule has 0 unspecified atom stereocenters. The first kappa shape index (κ1) is 13.6. The van der Waals surface area contributed by atoms with Crippen LogP contribution in [0.25, 0.3) is 0 Å². The van der Waals surface area contributed by atoms with Crippen molar-refractivity contribution in [2.45, 2.75) is 6.42 Å². The number of fused-ring (bicyclic) bond motifs is 1. The fourth-order valence-corrected chi connectivity index (χ4v) is 2.94. The van der Waals surface area contributed by atoms with E-state index in [0.717, 1.165) is 17.7 Å². The minimum atomic E-state index is -0.112. The van der Waals surface area contributed by atoms with Crippen LogP contribution in [0, 0.1) is 0 Å². The van der Waals surface area contributed by atoms with Crippen LogP contribution in [-0.2, 0) is 16.1 Å². The van der Waals surface area contributed by atoms with Crippen molar-refractivity contribution in [3.63, 3.8) is 0 Å². The van der Waals surface area contributed by atoms with Crippen molar-refractivity contribution < 1.29 is 9.63 Å². The maximum absolute atomic E-state index is 12.2. The number of para-hydroxylation sites is 1. The Hall–Kier alpha value is -2.34. The molecule has 3 rings (SSSR count). The summed E-state index contributed by atoms with van der Waals surface area (Å²) < 4.78 is 0. The Balaban J connectivity index is 1.60. The van der Waals surface area contributed by atoms with E-state index >= 15 is 0 Å². The first-order chi connectivity index (χ1) is 10.3. The van der Waals surface area contributed by atoms with Crippen LogP contribution in [-0.4, -0.2) is 24.9 Å². The Morgan fingerprint density at radius 1 is 1.38 bits per heavy atom. The highest BCUT2D eigenvalue weighted by molar-refractivity contribution is 7.08.